The topological polar surface area (TPSA) is 55.2 Å². The molecule has 0 unspecified atom stereocenters. The zero-order chi connectivity index (χ0) is 10.7. The SMILES string of the molecule is Oc1ccc(Oc2ncncc2Cl)cc1. The van der Waals surface area contributed by atoms with Crippen LogP contribution < -0.4 is 4.74 Å². The van der Waals surface area contributed by atoms with Crippen LogP contribution in [0.4, 0.5) is 0 Å². The van der Waals surface area contributed by atoms with Crippen molar-refractivity contribution in [1.82, 2.24) is 9.97 Å². The molecule has 15 heavy (non-hydrogen) atoms. The molecule has 0 bridgehead atoms. The van der Waals surface area contributed by atoms with Crippen molar-refractivity contribution < 1.29 is 9.84 Å². The molecule has 0 amide bonds. The largest absolute Gasteiger partial charge is 0.508 e. The smallest absolute Gasteiger partial charge is 0.241 e. The first-order valence-corrected chi connectivity index (χ1v) is 4.56. The number of phenols is 1. The number of aromatic nitrogens is 2. The van der Waals surface area contributed by atoms with E-state index in [1.807, 2.05) is 0 Å². The number of phenolic OH excluding ortho intramolecular Hbond substituents is 1. The van der Waals surface area contributed by atoms with Gasteiger partial charge in [-0.15, -0.1) is 0 Å². The second-order valence-corrected chi connectivity index (χ2v) is 3.18. The van der Waals surface area contributed by atoms with Crippen LogP contribution in [0.25, 0.3) is 0 Å². The van der Waals surface area contributed by atoms with E-state index in [1.54, 1.807) is 12.1 Å². The molecular formula is C10H7ClN2O2. The number of ether oxygens (including phenoxy) is 1. The maximum atomic E-state index is 9.07. The van der Waals surface area contributed by atoms with Crippen molar-refractivity contribution in [3.05, 3.63) is 41.8 Å². The molecule has 1 aromatic heterocycles. The molecule has 5 heteroatoms. The van der Waals surface area contributed by atoms with Crippen molar-refractivity contribution in [2.75, 3.05) is 0 Å². The fourth-order valence-corrected chi connectivity index (χ4v) is 1.15. The van der Waals surface area contributed by atoms with Gasteiger partial charge in [-0.1, -0.05) is 11.6 Å². The average Bonchev–Trinajstić information content (AvgIpc) is 2.25. The van der Waals surface area contributed by atoms with E-state index in [0.29, 0.717) is 10.8 Å². The normalized spacial score (nSPS) is 9.93. The Balaban J connectivity index is 2.22. The van der Waals surface area contributed by atoms with E-state index < -0.39 is 0 Å². The molecule has 2 rings (SSSR count). The average molecular weight is 223 g/mol. The standard InChI is InChI=1S/C10H7ClN2O2/c11-9-5-12-6-13-10(9)15-8-3-1-7(14)2-4-8/h1-6,14H. The first kappa shape index (κ1) is 9.73. The fraction of sp³-hybridized carbons (Fsp3) is 0. The van der Waals surface area contributed by atoms with Crippen LogP contribution >= 0.6 is 11.6 Å². The molecule has 0 radical (unpaired) electrons. The summed E-state index contributed by atoms with van der Waals surface area (Å²) in [4.78, 5) is 7.61. The molecule has 0 aliphatic carbocycles. The monoisotopic (exact) mass is 222 g/mol. The Hall–Kier alpha value is -1.81. The molecule has 76 valence electrons. The minimum Gasteiger partial charge on any atom is -0.508 e. The highest BCUT2D eigenvalue weighted by atomic mass is 35.5. The molecule has 0 aliphatic rings. The Morgan fingerprint density at radius 3 is 2.60 bits per heavy atom. The zero-order valence-electron chi connectivity index (χ0n) is 7.59. The Bertz CT molecular complexity index is 459. The van der Waals surface area contributed by atoms with E-state index in [-0.39, 0.29) is 11.6 Å². The van der Waals surface area contributed by atoms with Crippen LogP contribution in [0.2, 0.25) is 5.02 Å². The van der Waals surface area contributed by atoms with Crippen LogP contribution in [-0.4, -0.2) is 15.1 Å². The van der Waals surface area contributed by atoms with Crippen LogP contribution in [0.5, 0.6) is 17.4 Å². The maximum Gasteiger partial charge on any atom is 0.241 e. The van der Waals surface area contributed by atoms with Crippen LogP contribution in [0.3, 0.4) is 0 Å². The predicted octanol–water partition coefficient (Wildman–Crippen LogP) is 2.63. The number of nitrogens with zero attached hydrogens (tertiary/aromatic N) is 2. The highest BCUT2D eigenvalue weighted by Crippen LogP contribution is 2.26. The van der Waals surface area contributed by atoms with E-state index in [2.05, 4.69) is 9.97 Å². The number of hydrogen-bond donors (Lipinski definition) is 1. The van der Waals surface area contributed by atoms with Gasteiger partial charge in [-0.25, -0.2) is 9.97 Å². The van der Waals surface area contributed by atoms with Gasteiger partial charge in [-0.05, 0) is 24.3 Å². The lowest BCUT2D eigenvalue weighted by Gasteiger charge is -2.04. The third kappa shape index (κ3) is 2.35. The van der Waals surface area contributed by atoms with Crippen LogP contribution in [0, 0.1) is 0 Å². The van der Waals surface area contributed by atoms with Crippen molar-refractivity contribution in [3.8, 4) is 17.4 Å². The summed E-state index contributed by atoms with van der Waals surface area (Å²) in [5.74, 6) is 1.02. The first-order chi connectivity index (χ1) is 7.25. The Kier molecular flexibility index (Phi) is 2.69. The molecule has 1 aromatic carbocycles. The zero-order valence-corrected chi connectivity index (χ0v) is 8.35. The van der Waals surface area contributed by atoms with Gasteiger partial charge in [0.2, 0.25) is 5.88 Å². The maximum absolute atomic E-state index is 9.07. The van der Waals surface area contributed by atoms with E-state index in [9.17, 15) is 0 Å². The van der Waals surface area contributed by atoms with Gasteiger partial charge >= 0.3 is 0 Å². The summed E-state index contributed by atoms with van der Waals surface area (Å²) in [5, 5.41) is 9.41. The minimum atomic E-state index is 0.177. The Morgan fingerprint density at radius 1 is 1.20 bits per heavy atom. The summed E-state index contributed by atoms with van der Waals surface area (Å²) in [6.45, 7) is 0. The van der Waals surface area contributed by atoms with E-state index in [0.717, 1.165) is 0 Å². The molecule has 4 nitrogen and oxygen atoms in total. The Morgan fingerprint density at radius 2 is 1.93 bits per heavy atom. The van der Waals surface area contributed by atoms with E-state index >= 15 is 0 Å². The number of rotatable bonds is 2. The quantitative estimate of drug-likeness (QED) is 0.849. The van der Waals surface area contributed by atoms with Crippen molar-refractivity contribution in [2.45, 2.75) is 0 Å². The minimum absolute atomic E-state index is 0.177. The molecule has 2 aromatic rings. The summed E-state index contributed by atoms with van der Waals surface area (Å²) in [6.07, 6.45) is 2.80. The summed E-state index contributed by atoms with van der Waals surface area (Å²) in [5.41, 5.74) is 0. The molecule has 1 N–H and O–H groups in total. The van der Waals surface area contributed by atoms with Crippen molar-refractivity contribution in [2.24, 2.45) is 0 Å². The number of hydrogen-bond acceptors (Lipinski definition) is 4. The number of aromatic hydroxyl groups is 1. The second-order valence-electron chi connectivity index (χ2n) is 2.77. The van der Waals surface area contributed by atoms with Gasteiger partial charge in [0.05, 0.1) is 6.20 Å². The van der Waals surface area contributed by atoms with Gasteiger partial charge in [-0.2, -0.15) is 0 Å². The van der Waals surface area contributed by atoms with Crippen molar-refractivity contribution in [3.63, 3.8) is 0 Å². The molecule has 0 atom stereocenters. The van der Waals surface area contributed by atoms with Gasteiger partial charge in [-0.3, -0.25) is 0 Å². The molecule has 0 saturated heterocycles. The lowest BCUT2D eigenvalue weighted by molar-refractivity contribution is 0.453. The summed E-state index contributed by atoms with van der Waals surface area (Å²) in [7, 11) is 0. The number of benzene rings is 1. The molecule has 0 saturated carbocycles. The second kappa shape index (κ2) is 4.14. The third-order valence-corrected chi connectivity index (χ3v) is 1.94. The van der Waals surface area contributed by atoms with Crippen molar-refractivity contribution >= 4 is 11.6 Å². The highest BCUT2D eigenvalue weighted by molar-refractivity contribution is 6.31. The predicted molar refractivity (Wildman–Crippen MR) is 55.2 cm³/mol. The van der Waals surface area contributed by atoms with Crippen molar-refractivity contribution in [1.29, 1.82) is 0 Å². The highest BCUT2D eigenvalue weighted by Gasteiger charge is 2.03. The number of halogens is 1. The molecule has 0 spiro atoms. The Labute approximate surface area is 91.1 Å². The lowest BCUT2D eigenvalue weighted by Crippen LogP contribution is -1.89. The van der Waals surface area contributed by atoms with Gasteiger partial charge in [0.1, 0.15) is 22.8 Å². The van der Waals surface area contributed by atoms with E-state index in [1.165, 1.54) is 24.7 Å². The van der Waals surface area contributed by atoms with E-state index in [4.69, 9.17) is 21.4 Å². The fourth-order valence-electron chi connectivity index (χ4n) is 1.00. The molecule has 0 aliphatic heterocycles. The third-order valence-electron chi connectivity index (χ3n) is 1.69. The molecule has 1 heterocycles. The summed E-state index contributed by atoms with van der Waals surface area (Å²) in [6, 6.07) is 6.27. The molecular weight excluding hydrogens is 216 g/mol. The van der Waals surface area contributed by atoms with Gasteiger partial charge < -0.3 is 9.84 Å². The van der Waals surface area contributed by atoms with Gasteiger partial charge in [0.15, 0.2) is 0 Å². The van der Waals surface area contributed by atoms with Crippen LogP contribution in [0.15, 0.2) is 36.8 Å². The summed E-state index contributed by atoms with van der Waals surface area (Å²) < 4.78 is 5.37. The first-order valence-electron chi connectivity index (χ1n) is 4.18. The summed E-state index contributed by atoms with van der Waals surface area (Å²) >= 11 is 5.81. The van der Waals surface area contributed by atoms with Gasteiger partial charge in [0, 0.05) is 0 Å². The van der Waals surface area contributed by atoms with Crippen LogP contribution in [-0.2, 0) is 0 Å². The molecule has 0 fully saturated rings. The van der Waals surface area contributed by atoms with Crippen LogP contribution in [0.1, 0.15) is 0 Å². The lowest BCUT2D eigenvalue weighted by atomic mass is 10.3. The van der Waals surface area contributed by atoms with Gasteiger partial charge in [0.25, 0.3) is 0 Å².